The minimum absolute atomic E-state index is 0.0497. The van der Waals surface area contributed by atoms with Gasteiger partial charge in [0.2, 0.25) is 11.2 Å². The molecule has 1 N–H and O–H groups in total. The number of aliphatic carboxylic acids is 1. The van der Waals surface area contributed by atoms with Crippen LogP contribution >= 0.6 is 0 Å². The molecule has 154 valence electrons. The molecule has 1 aromatic heterocycles. The fraction of sp³-hybridized carbons (Fsp3) is 0.174. The van der Waals surface area contributed by atoms with Gasteiger partial charge in [-0.2, -0.15) is 4.73 Å². The van der Waals surface area contributed by atoms with E-state index >= 15 is 0 Å². The Balaban J connectivity index is 1.80. The second-order valence-electron chi connectivity index (χ2n) is 6.58. The van der Waals surface area contributed by atoms with Crippen molar-refractivity contribution in [1.29, 1.82) is 0 Å². The van der Waals surface area contributed by atoms with Crippen LogP contribution in [0, 0.1) is 0 Å². The molecule has 7 heteroatoms. The Morgan fingerprint density at radius 2 is 1.50 bits per heavy atom. The summed E-state index contributed by atoms with van der Waals surface area (Å²) in [6, 6.07) is 20.2. The van der Waals surface area contributed by atoms with Gasteiger partial charge in [-0.05, 0) is 17.5 Å². The molecule has 0 bridgehead atoms. The maximum atomic E-state index is 12.5. The summed E-state index contributed by atoms with van der Waals surface area (Å²) < 4.78 is 7.02. The first-order valence-electron chi connectivity index (χ1n) is 9.38. The molecule has 0 saturated carbocycles. The standard InChI is InChI=1S/C23H21NO6/c25-20(23(27)28)12-11-19-13-21(26)22(29-15-17-7-3-1-4-8-17)14-24(19)30-16-18-9-5-2-6-10-18/h1-10,13-14H,11-12,15-16H2,(H,27,28). The van der Waals surface area contributed by atoms with Crippen LogP contribution < -0.4 is 15.0 Å². The van der Waals surface area contributed by atoms with Crippen LogP contribution in [0.2, 0.25) is 0 Å². The summed E-state index contributed by atoms with van der Waals surface area (Å²) in [5.74, 6) is -2.33. The van der Waals surface area contributed by atoms with Gasteiger partial charge in [-0.3, -0.25) is 9.59 Å². The monoisotopic (exact) mass is 407 g/mol. The van der Waals surface area contributed by atoms with E-state index < -0.39 is 11.8 Å². The Kier molecular flexibility index (Phi) is 7.00. The summed E-state index contributed by atoms with van der Waals surface area (Å²) in [5, 5.41) is 8.79. The SMILES string of the molecule is O=C(O)C(=O)CCc1cc(=O)c(OCc2ccccc2)cn1OCc1ccccc1. The number of aryl methyl sites for hydroxylation is 1. The number of Topliss-reactive ketones (excluding diaryl/α,β-unsaturated/α-hetero) is 1. The van der Waals surface area contributed by atoms with Gasteiger partial charge in [-0.25, -0.2) is 4.79 Å². The summed E-state index contributed by atoms with van der Waals surface area (Å²) in [7, 11) is 0. The molecule has 3 aromatic rings. The number of hydrogen-bond acceptors (Lipinski definition) is 5. The van der Waals surface area contributed by atoms with Crippen LogP contribution in [0.15, 0.2) is 77.7 Å². The van der Waals surface area contributed by atoms with Crippen molar-refractivity contribution in [2.45, 2.75) is 26.1 Å². The van der Waals surface area contributed by atoms with E-state index in [1.807, 2.05) is 60.7 Å². The van der Waals surface area contributed by atoms with Crippen molar-refractivity contribution in [3.63, 3.8) is 0 Å². The number of aromatic nitrogens is 1. The van der Waals surface area contributed by atoms with Crippen molar-refractivity contribution in [1.82, 2.24) is 4.73 Å². The van der Waals surface area contributed by atoms with Crippen molar-refractivity contribution >= 4 is 11.8 Å². The first-order chi connectivity index (χ1) is 14.5. The van der Waals surface area contributed by atoms with Crippen LogP contribution in [0.25, 0.3) is 0 Å². The average Bonchev–Trinajstić information content (AvgIpc) is 2.77. The van der Waals surface area contributed by atoms with E-state index in [9.17, 15) is 14.4 Å². The number of hydrogen-bond donors (Lipinski definition) is 1. The summed E-state index contributed by atoms with van der Waals surface area (Å²) in [4.78, 5) is 40.5. The second kappa shape index (κ2) is 10.1. The smallest absolute Gasteiger partial charge is 0.372 e. The van der Waals surface area contributed by atoms with Gasteiger partial charge in [0, 0.05) is 12.5 Å². The Labute approximate surface area is 173 Å². The molecule has 1 heterocycles. The van der Waals surface area contributed by atoms with Crippen molar-refractivity contribution in [2.24, 2.45) is 0 Å². The lowest BCUT2D eigenvalue weighted by Crippen LogP contribution is -2.22. The highest BCUT2D eigenvalue weighted by molar-refractivity contribution is 6.32. The molecule has 0 aliphatic rings. The molecule has 0 amide bonds. The Bertz CT molecular complexity index is 1060. The molecular weight excluding hydrogens is 386 g/mol. The van der Waals surface area contributed by atoms with Crippen LogP contribution in [0.4, 0.5) is 0 Å². The largest absolute Gasteiger partial charge is 0.483 e. The number of carboxylic acids is 1. The third-order valence-electron chi connectivity index (χ3n) is 4.36. The number of ether oxygens (including phenoxy) is 1. The van der Waals surface area contributed by atoms with E-state index in [0.717, 1.165) is 11.1 Å². The zero-order valence-corrected chi connectivity index (χ0v) is 16.2. The lowest BCUT2D eigenvalue weighted by molar-refractivity contribution is -0.149. The first-order valence-corrected chi connectivity index (χ1v) is 9.38. The Morgan fingerprint density at radius 1 is 0.900 bits per heavy atom. The normalized spacial score (nSPS) is 10.4. The van der Waals surface area contributed by atoms with Gasteiger partial charge in [0.15, 0.2) is 5.75 Å². The minimum atomic E-state index is -1.50. The number of rotatable bonds is 10. The predicted octanol–water partition coefficient (Wildman–Crippen LogP) is 2.64. The molecule has 0 saturated heterocycles. The molecule has 0 unspecified atom stereocenters. The average molecular weight is 407 g/mol. The van der Waals surface area contributed by atoms with Crippen LogP contribution in [0.1, 0.15) is 23.2 Å². The fourth-order valence-corrected chi connectivity index (χ4v) is 2.75. The lowest BCUT2D eigenvalue weighted by Gasteiger charge is -2.16. The van der Waals surface area contributed by atoms with Crippen molar-refractivity contribution in [3.05, 3.63) is 100.0 Å². The van der Waals surface area contributed by atoms with E-state index in [1.165, 1.54) is 17.0 Å². The highest BCUT2D eigenvalue weighted by Gasteiger charge is 2.15. The van der Waals surface area contributed by atoms with Crippen LogP contribution in [-0.2, 0) is 29.2 Å². The maximum Gasteiger partial charge on any atom is 0.372 e. The molecular formula is C23H21NO6. The van der Waals surface area contributed by atoms with Crippen LogP contribution in [0.5, 0.6) is 5.75 Å². The van der Waals surface area contributed by atoms with Gasteiger partial charge in [0.1, 0.15) is 13.2 Å². The summed E-state index contributed by atoms with van der Waals surface area (Å²) in [5.41, 5.74) is 1.83. The van der Waals surface area contributed by atoms with Crippen LogP contribution in [0.3, 0.4) is 0 Å². The molecule has 0 aliphatic carbocycles. The molecule has 30 heavy (non-hydrogen) atoms. The third-order valence-corrected chi connectivity index (χ3v) is 4.36. The second-order valence-corrected chi connectivity index (χ2v) is 6.58. The fourth-order valence-electron chi connectivity index (χ4n) is 2.75. The number of carboxylic acid groups (broad SMARTS) is 1. The molecule has 7 nitrogen and oxygen atoms in total. The Hall–Kier alpha value is -3.87. The summed E-state index contributed by atoms with van der Waals surface area (Å²) in [6.45, 7) is 0.438. The molecule has 0 aliphatic heterocycles. The number of carbonyl (C=O) groups excluding carboxylic acids is 1. The zero-order valence-electron chi connectivity index (χ0n) is 16.2. The van der Waals surface area contributed by atoms with Crippen LogP contribution in [-0.4, -0.2) is 21.6 Å². The highest BCUT2D eigenvalue weighted by Crippen LogP contribution is 2.12. The van der Waals surface area contributed by atoms with E-state index in [4.69, 9.17) is 14.7 Å². The lowest BCUT2D eigenvalue weighted by atomic mass is 10.1. The van der Waals surface area contributed by atoms with Crippen molar-refractivity contribution in [3.8, 4) is 5.75 Å². The van der Waals surface area contributed by atoms with Gasteiger partial charge in [-0.1, -0.05) is 60.7 Å². The Morgan fingerprint density at radius 3 is 2.10 bits per heavy atom. The van der Waals surface area contributed by atoms with Gasteiger partial charge in [0.25, 0.3) is 0 Å². The number of pyridine rings is 1. The number of benzene rings is 2. The quantitative estimate of drug-likeness (QED) is 0.519. The number of ketones is 1. The first kappa shape index (κ1) is 20.9. The van der Waals surface area contributed by atoms with E-state index in [2.05, 4.69) is 0 Å². The molecule has 0 radical (unpaired) electrons. The summed E-state index contributed by atoms with van der Waals surface area (Å²) in [6.07, 6.45) is 1.23. The molecule has 0 atom stereocenters. The van der Waals surface area contributed by atoms with E-state index in [1.54, 1.807) is 0 Å². The highest BCUT2D eigenvalue weighted by atomic mass is 16.7. The number of nitrogens with zero attached hydrogens (tertiary/aromatic N) is 1. The van der Waals surface area contributed by atoms with Gasteiger partial charge < -0.3 is 14.7 Å². The van der Waals surface area contributed by atoms with Gasteiger partial charge in [-0.15, -0.1) is 0 Å². The minimum Gasteiger partial charge on any atom is -0.483 e. The van der Waals surface area contributed by atoms with Crippen molar-refractivity contribution < 1.29 is 24.3 Å². The predicted molar refractivity (Wildman–Crippen MR) is 109 cm³/mol. The third kappa shape index (κ3) is 5.81. The topological polar surface area (TPSA) is 94.8 Å². The molecule has 0 fully saturated rings. The summed E-state index contributed by atoms with van der Waals surface area (Å²) >= 11 is 0. The van der Waals surface area contributed by atoms with E-state index in [0.29, 0.717) is 5.69 Å². The van der Waals surface area contributed by atoms with Gasteiger partial charge in [0.05, 0.1) is 11.9 Å². The molecule has 0 spiro atoms. The number of carbonyl (C=O) groups is 2. The molecule has 3 rings (SSSR count). The zero-order chi connectivity index (χ0) is 21.3. The van der Waals surface area contributed by atoms with Gasteiger partial charge >= 0.3 is 5.97 Å². The molecule has 2 aromatic carbocycles. The van der Waals surface area contributed by atoms with Crippen molar-refractivity contribution in [2.75, 3.05) is 0 Å². The maximum absolute atomic E-state index is 12.5. The van der Waals surface area contributed by atoms with E-state index in [-0.39, 0.29) is 37.2 Å².